The van der Waals surface area contributed by atoms with Crippen molar-refractivity contribution in [3.05, 3.63) is 15.6 Å². The van der Waals surface area contributed by atoms with E-state index in [1.807, 2.05) is 18.3 Å². The van der Waals surface area contributed by atoms with Crippen LogP contribution in [0.2, 0.25) is 0 Å². The zero-order valence-corrected chi connectivity index (χ0v) is 12.2. The molecular formula is C14H21NO2S. The molecule has 0 aromatic carbocycles. The van der Waals surface area contributed by atoms with Gasteiger partial charge in [0.1, 0.15) is 0 Å². The number of esters is 1. The van der Waals surface area contributed by atoms with E-state index in [2.05, 4.69) is 18.8 Å². The van der Waals surface area contributed by atoms with Crippen LogP contribution in [0.1, 0.15) is 54.1 Å². The molecule has 0 saturated heterocycles. The third-order valence-corrected chi connectivity index (χ3v) is 4.98. The minimum absolute atomic E-state index is 0.0116. The van der Waals surface area contributed by atoms with Crippen LogP contribution >= 0.6 is 11.3 Å². The first-order valence-corrected chi connectivity index (χ1v) is 7.54. The molecule has 1 aromatic heterocycles. The Morgan fingerprint density at radius 3 is 2.50 bits per heavy atom. The lowest BCUT2D eigenvalue weighted by Crippen LogP contribution is -2.23. The fourth-order valence-corrected chi connectivity index (χ4v) is 3.60. The number of nitrogens with zero attached hydrogens (tertiary/aromatic N) is 1. The van der Waals surface area contributed by atoms with Crippen molar-refractivity contribution < 1.29 is 9.53 Å². The summed E-state index contributed by atoms with van der Waals surface area (Å²) in [6.45, 7) is 6.55. The van der Waals surface area contributed by atoms with Gasteiger partial charge in [-0.1, -0.05) is 0 Å². The predicted molar refractivity (Wildman–Crippen MR) is 72.9 cm³/mol. The van der Waals surface area contributed by atoms with Crippen LogP contribution in [0.3, 0.4) is 0 Å². The maximum Gasteiger partial charge on any atom is 0.308 e. The molecule has 1 aromatic rings. The van der Waals surface area contributed by atoms with Gasteiger partial charge in [-0.25, -0.2) is 4.98 Å². The van der Waals surface area contributed by atoms with Crippen molar-refractivity contribution in [3.63, 3.8) is 0 Å². The highest BCUT2D eigenvalue weighted by Gasteiger charge is 2.29. The molecule has 0 unspecified atom stereocenters. The van der Waals surface area contributed by atoms with Gasteiger partial charge in [0.15, 0.2) is 0 Å². The summed E-state index contributed by atoms with van der Waals surface area (Å²) in [6.07, 6.45) is 4.02. The summed E-state index contributed by atoms with van der Waals surface area (Å²) in [4.78, 5) is 17.6. The summed E-state index contributed by atoms with van der Waals surface area (Å²) in [5.41, 5.74) is 1.16. The Balaban J connectivity index is 1.92. The van der Waals surface area contributed by atoms with Crippen LogP contribution in [0, 0.1) is 19.8 Å². The van der Waals surface area contributed by atoms with E-state index < -0.39 is 0 Å². The monoisotopic (exact) mass is 267 g/mol. The molecular weight excluding hydrogens is 246 g/mol. The molecule has 0 spiro atoms. The van der Waals surface area contributed by atoms with Gasteiger partial charge in [0.25, 0.3) is 0 Å². The summed E-state index contributed by atoms with van der Waals surface area (Å²) in [5.74, 6) is 0.652. The number of aromatic nitrogens is 1. The van der Waals surface area contributed by atoms with Crippen molar-refractivity contribution in [2.24, 2.45) is 5.92 Å². The van der Waals surface area contributed by atoms with Crippen molar-refractivity contribution in [2.45, 2.75) is 52.4 Å². The zero-order valence-electron chi connectivity index (χ0n) is 11.4. The average Bonchev–Trinajstić information content (AvgIpc) is 2.70. The van der Waals surface area contributed by atoms with Crippen molar-refractivity contribution >= 4 is 17.3 Å². The van der Waals surface area contributed by atoms with Gasteiger partial charge in [-0.2, -0.15) is 0 Å². The first-order valence-electron chi connectivity index (χ1n) is 6.72. The fraction of sp³-hybridized carbons (Fsp3) is 0.714. The maximum atomic E-state index is 11.7. The van der Waals surface area contributed by atoms with Crippen LogP contribution in [0.25, 0.3) is 0 Å². The average molecular weight is 267 g/mol. The van der Waals surface area contributed by atoms with Gasteiger partial charge in [0.2, 0.25) is 0 Å². The normalized spacial score (nSPS) is 23.9. The first kappa shape index (κ1) is 13.5. The van der Waals surface area contributed by atoms with Gasteiger partial charge in [-0.15, -0.1) is 11.3 Å². The largest absolute Gasteiger partial charge is 0.466 e. The number of aryl methyl sites for hydroxylation is 2. The molecule has 1 heterocycles. The fourth-order valence-electron chi connectivity index (χ4n) is 2.51. The number of carbonyl (C=O) groups is 1. The SMILES string of the molecule is CCOC(=O)C1CCC(c2nc(C)c(C)s2)CC1. The molecule has 1 fully saturated rings. The standard InChI is InChI=1S/C14H21NO2S/c1-4-17-14(16)12-7-5-11(6-8-12)13-15-9(2)10(3)18-13/h11-12H,4-8H2,1-3H3. The Morgan fingerprint density at radius 1 is 1.33 bits per heavy atom. The molecule has 100 valence electrons. The third-order valence-electron chi connectivity index (χ3n) is 3.74. The summed E-state index contributed by atoms with van der Waals surface area (Å²) in [7, 11) is 0. The van der Waals surface area contributed by atoms with Crippen molar-refractivity contribution in [2.75, 3.05) is 6.61 Å². The van der Waals surface area contributed by atoms with Crippen LogP contribution in [0.4, 0.5) is 0 Å². The number of rotatable bonds is 3. The minimum Gasteiger partial charge on any atom is -0.466 e. The second-order valence-corrected chi connectivity index (χ2v) is 6.23. The lowest BCUT2D eigenvalue weighted by molar-refractivity contribution is -0.149. The number of hydrogen-bond acceptors (Lipinski definition) is 4. The zero-order chi connectivity index (χ0) is 13.1. The number of hydrogen-bond donors (Lipinski definition) is 0. The molecule has 0 amide bonds. The van der Waals surface area contributed by atoms with E-state index in [0.717, 1.165) is 31.4 Å². The van der Waals surface area contributed by atoms with Gasteiger partial charge < -0.3 is 4.74 Å². The molecule has 2 rings (SSSR count). The second-order valence-electron chi connectivity index (χ2n) is 4.99. The molecule has 0 bridgehead atoms. The van der Waals surface area contributed by atoms with E-state index in [1.54, 1.807) is 0 Å². The van der Waals surface area contributed by atoms with Crippen molar-refractivity contribution in [1.29, 1.82) is 0 Å². The minimum atomic E-state index is -0.0116. The van der Waals surface area contributed by atoms with E-state index >= 15 is 0 Å². The van der Waals surface area contributed by atoms with E-state index in [4.69, 9.17) is 4.74 Å². The molecule has 0 N–H and O–H groups in total. The third kappa shape index (κ3) is 2.91. The lowest BCUT2D eigenvalue weighted by atomic mass is 9.82. The van der Waals surface area contributed by atoms with Gasteiger partial charge in [-0.3, -0.25) is 4.79 Å². The van der Waals surface area contributed by atoms with Gasteiger partial charge in [0.05, 0.1) is 23.2 Å². The Bertz CT molecular complexity index is 400. The quantitative estimate of drug-likeness (QED) is 0.786. The van der Waals surface area contributed by atoms with Crippen LogP contribution in [-0.4, -0.2) is 17.6 Å². The first-order chi connectivity index (χ1) is 8.61. The summed E-state index contributed by atoms with van der Waals surface area (Å²) >= 11 is 1.81. The van der Waals surface area contributed by atoms with E-state index in [1.165, 1.54) is 9.88 Å². The molecule has 0 atom stereocenters. The van der Waals surface area contributed by atoms with Crippen LogP contribution in [-0.2, 0) is 9.53 Å². The van der Waals surface area contributed by atoms with Crippen molar-refractivity contribution in [3.8, 4) is 0 Å². The Morgan fingerprint density at radius 2 is 2.00 bits per heavy atom. The van der Waals surface area contributed by atoms with E-state index in [9.17, 15) is 4.79 Å². The molecule has 4 heteroatoms. The van der Waals surface area contributed by atoms with Crippen LogP contribution in [0.15, 0.2) is 0 Å². The maximum absolute atomic E-state index is 11.7. The van der Waals surface area contributed by atoms with E-state index in [-0.39, 0.29) is 11.9 Å². The molecule has 18 heavy (non-hydrogen) atoms. The highest BCUT2D eigenvalue weighted by atomic mass is 32.1. The summed E-state index contributed by atoms with van der Waals surface area (Å²) in [5, 5.41) is 1.26. The lowest BCUT2D eigenvalue weighted by Gasteiger charge is -2.25. The van der Waals surface area contributed by atoms with Crippen LogP contribution in [0.5, 0.6) is 0 Å². The smallest absolute Gasteiger partial charge is 0.308 e. The summed E-state index contributed by atoms with van der Waals surface area (Å²) < 4.78 is 5.09. The highest BCUT2D eigenvalue weighted by Crippen LogP contribution is 2.38. The molecule has 1 aliphatic rings. The Labute approximate surface area is 113 Å². The van der Waals surface area contributed by atoms with Gasteiger partial charge >= 0.3 is 5.97 Å². The predicted octanol–water partition coefficient (Wildman–Crippen LogP) is 3.60. The molecule has 0 radical (unpaired) electrons. The summed E-state index contributed by atoms with van der Waals surface area (Å²) in [6, 6.07) is 0. The Hall–Kier alpha value is -0.900. The van der Waals surface area contributed by atoms with Gasteiger partial charge in [-0.05, 0) is 46.5 Å². The van der Waals surface area contributed by atoms with Crippen LogP contribution < -0.4 is 0 Å². The molecule has 3 nitrogen and oxygen atoms in total. The topological polar surface area (TPSA) is 39.2 Å². The van der Waals surface area contributed by atoms with Gasteiger partial charge in [0, 0.05) is 10.8 Å². The molecule has 1 saturated carbocycles. The Kier molecular flexibility index (Phi) is 4.38. The second kappa shape index (κ2) is 5.83. The number of ether oxygens (including phenoxy) is 1. The van der Waals surface area contributed by atoms with Crippen molar-refractivity contribution in [1.82, 2.24) is 4.98 Å². The molecule has 1 aliphatic carbocycles. The highest BCUT2D eigenvalue weighted by molar-refractivity contribution is 7.11. The molecule has 0 aliphatic heterocycles. The number of carbonyl (C=O) groups excluding carboxylic acids is 1. The van der Waals surface area contributed by atoms with E-state index in [0.29, 0.717) is 12.5 Å². The number of thiazole rings is 1.